The third kappa shape index (κ3) is 3.33. The number of morpholine rings is 1. The third-order valence-corrected chi connectivity index (χ3v) is 4.34. The Balaban J connectivity index is 2.04. The van der Waals surface area contributed by atoms with E-state index in [-0.39, 0.29) is 18.2 Å². The van der Waals surface area contributed by atoms with Crippen molar-refractivity contribution in [1.82, 2.24) is 19.8 Å². The van der Waals surface area contributed by atoms with Crippen molar-refractivity contribution in [2.75, 3.05) is 33.3 Å². The lowest BCUT2D eigenvalue weighted by Gasteiger charge is -2.29. The Morgan fingerprint density at radius 1 is 1.70 bits per heavy atom. The molecule has 3 N–H and O–H groups in total. The summed E-state index contributed by atoms with van der Waals surface area (Å²) in [5.41, 5.74) is -0.390. The van der Waals surface area contributed by atoms with Crippen molar-refractivity contribution in [1.29, 1.82) is 0 Å². The fraction of sp³-hybridized carbons (Fsp3) is 0.600. The van der Waals surface area contributed by atoms with Gasteiger partial charge >= 0.3 is 5.97 Å². The van der Waals surface area contributed by atoms with Gasteiger partial charge in [0, 0.05) is 19.6 Å². The number of aromatic nitrogens is 2. The molecule has 1 aromatic rings. The Bertz CT molecular complexity index is 584. The standard InChI is InChI=1S/C10H16N4O5S/c1-14-2-3-19-7(6-14)4-12-20(17,18)9-8(10(15)16)5-11-13-9/h5,7,12H,2-4,6H2,1H3,(H,11,13)(H,15,16). The Labute approximate surface area is 116 Å². The second kappa shape index (κ2) is 5.87. The van der Waals surface area contributed by atoms with Gasteiger partial charge in [-0.2, -0.15) is 5.10 Å². The summed E-state index contributed by atoms with van der Waals surface area (Å²) in [4.78, 5) is 12.9. The molecule has 0 aliphatic carbocycles. The van der Waals surface area contributed by atoms with E-state index in [0.717, 1.165) is 12.7 Å². The van der Waals surface area contributed by atoms with Gasteiger partial charge < -0.3 is 14.7 Å². The zero-order chi connectivity index (χ0) is 14.8. The van der Waals surface area contributed by atoms with Gasteiger partial charge in [-0.05, 0) is 7.05 Å². The number of sulfonamides is 1. The number of H-pyrrole nitrogens is 1. The SMILES string of the molecule is CN1CCOC(CNS(=O)(=O)c2[nH]ncc2C(=O)O)C1. The number of nitrogens with one attached hydrogen (secondary N) is 2. The number of hydrogen-bond donors (Lipinski definition) is 3. The number of aromatic amines is 1. The summed E-state index contributed by atoms with van der Waals surface area (Å²) >= 11 is 0. The predicted molar refractivity (Wildman–Crippen MR) is 68.0 cm³/mol. The molecule has 1 aliphatic rings. The van der Waals surface area contributed by atoms with E-state index < -0.39 is 21.0 Å². The predicted octanol–water partition coefficient (Wildman–Crippen LogP) is -1.28. The van der Waals surface area contributed by atoms with E-state index >= 15 is 0 Å². The fourth-order valence-electron chi connectivity index (χ4n) is 1.90. The number of hydrogen-bond acceptors (Lipinski definition) is 6. The number of ether oxygens (including phenoxy) is 1. The maximum atomic E-state index is 12.0. The first kappa shape index (κ1) is 14.9. The first-order chi connectivity index (χ1) is 9.40. The topological polar surface area (TPSA) is 125 Å². The molecular weight excluding hydrogens is 288 g/mol. The molecule has 0 radical (unpaired) electrons. The molecule has 9 nitrogen and oxygen atoms in total. The first-order valence-corrected chi connectivity index (χ1v) is 7.45. The van der Waals surface area contributed by atoms with Gasteiger partial charge in [0.25, 0.3) is 10.0 Å². The Morgan fingerprint density at radius 3 is 3.10 bits per heavy atom. The van der Waals surface area contributed by atoms with Gasteiger partial charge in [0.1, 0.15) is 5.56 Å². The minimum Gasteiger partial charge on any atom is -0.478 e. The Morgan fingerprint density at radius 2 is 2.45 bits per heavy atom. The lowest BCUT2D eigenvalue weighted by Crippen LogP contribution is -2.46. The van der Waals surface area contributed by atoms with Crippen LogP contribution in [-0.2, 0) is 14.8 Å². The molecule has 1 saturated heterocycles. The first-order valence-electron chi connectivity index (χ1n) is 5.96. The number of likely N-dealkylation sites (N-methyl/N-ethyl adjacent to an activating group) is 1. The highest BCUT2D eigenvalue weighted by atomic mass is 32.2. The molecule has 20 heavy (non-hydrogen) atoms. The van der Waals surface area contributed by atoms with Crippen LogP contribution in [0.5, 0.6) is 0 Å². The van der Waals surface area contributed by atoms with Crippen LogP contribution in [0.15, 0.2) is 11.2 Å². The van der Waals surface area contributed by atoms with Gasteiger partial charge in [0.15, 0.2) is 5.03 Å². The van der Waals surface area contributed by atoms with Crippen molar-refractivity contribution in [2.45, 2.75) is 11.1 Å². The maximum Gasteiger partial charge on any atom is 0.340 e. The number of carboxylic acids is 1. The molecule has 0 amide bonds. The van der Waals surface area contributed by atoms with E-state index in [1.807, 2.05) is 11.9 Å². The number of carboxylic acid groups (broad SMARTS) is 1. The molecule has 1 aromatic heterocycles. The van der Waals surface area contributed by atoms with Crippen molar-refractivity contribution in [2.24, 2.45) is 0 Å². The summed E-state index contributed by atoms with van der Waals surface area (Å²) in [5.74, 6) is -1.35. The minimum atomic E-state index is -3.96. The molecule has 0 bridgehead atoms. The van der Waals surface area contributed by atoms with Crippen LogP contribution in [0, 0.1) is 0 Å². The molecule has 112 valence electrons. The van der Waals surface area contributed by atoms with Crippen LogP contribution in [0.4, 0.5) is 0 Å². The van der Waals surface area contributed by atoms with E-state index in [1.54, 1.807) is 0 Å². The van der Waals surface area contributed by atoms with E-state index in [0.29, 0.717) is 13.2 Å². The van der Waals surface area contributed by atoms with E-state index in [2.05, 4.69) is 14.9 Å². The van der Waals surface area contributed by atoms with Crippen LogP contribution < -0.4 is 4.72 Å². The summed E-state index contributed by atoms with van der Waals surface area (Å²) in [7, 11) is -2.04. The molecular formula is C10H16N4O5S. The second-order valence-corrected chi connectivity index (χ2v) is 6.23. The number of aromatic carboxylic acids is 1. The van der Waals surface area contributed by atoms with Gasteiger partial charge in [-0.15, -0.1) is 0 Å². The molecule has 0 aromatic carbocycles. The highest BCUT2D eigenvalue weighted by Crippen LogP contribution is 2.12. The number of carbonyl (C=O) groups is 1. The highest BCUT2D eigenvalue weighted by molar-refractivity contribution is 7.89. The number of nitrogens with zero attached hydrogens (tertiary/aromatic N) is 2. The van der Waals surface area contributed by atoms with Crippen molar-refractivity contribution in [3.8, 4) is 0 Å². The maximum absolute atomic E-state index is 12.0. The van der Waals surface area contributed by atoms with Crippen LogP contribution in [0.3, 0.4) is 0 Å². The average Bonchev–Trinajstić information content (AvgIpc) is 2.87. The summed E-state index contributed by atoms with van der Waals surface area (Å²) in [5, 5.41) is 14.1. The monoisotopic (exact) mass is 304 g/mol. The van der Waals surface area contributed by atoms with Crippen LogP contribution in [-0.4, -0.2) is 74.0 Å². The van der Waals surface area contributed by atoms with E-state index in [4.69, 9.17) is 9.84 Å². The van der Waals surface area contributed by atoms with Crippen molar-refractivity contribution in [3.05, 3.63) is 11.8 Å². The Kier molecular flexibility index (Phi) is 4.38. The third-order valence-electron chi connectivity index (χ3n) is 2.95. The molecule has 1 fully saturated rings. The highest BCUT2D eigenvalue weighted by Gasteiger charge is 2.26. The van der Waals surface area contributed by atoms with Gasteiger partial charge in [-0.3, -0.25) is 5.10 Å². The number of rotatable bonds is 5. The van der Waals surface area contributed by atoms with E-state index in [1.165, 1.54) is 0 Å². The van der Waals surface area contributed by atoms with E-state index in [9.17, 15) is 13.2 Å². The lowest BCUT2D eigenvalue weighted by atomic mass is 10.3. The van der Waals surface area contributed by atoms with Crippen molar-refractivity contribution < 1.29 is 23.1 Å². The molecule has 1 unspecified atom stereocenters. The van der Waals surface area contributed by atoms with Crippen LogP contribution in [0.25, 0.3) is 0 Å². The summed E-state index contributed by atoms with van der Waals surface area (Å²) < 4.78 is 31.8. The van der Waals surface area contributed by atoms with Gasteiger partial charge in [0.05, 0.1) is 18.9 Å². The smallest absolute Gasteiger partial charge is 0.340 e. The minimum absolute atomic E-state index is 0.0742. The normalized spacial score (nSPS) is 20.9. The van der Waals surface area contributed by atoms with Crippen molar-refractivity contribution >= 4 is 16.0 Å². The zero-order valence-corrected chi connectivity index (χ0v) is 11.7. The zero-order valence-electron chi connectivity index (χ0n) is 10.9. The largest absolute Gasteiger partial charge is 0.478 e. The molecule has 2 heterocycles. The lowest BCUT2D eigenvalue weighted by molar-refractivity contribution is -0.0156. The fourth-order valence-corrected chi connectivity index (χ4v) is 3.05. The van der Waals surface area contributed by atoms with Gasteiger partial charge in [-0.1, -0.05) is 0 Å². The molecule has 1 aliphatic heterocycles. The van der Waals surface area contributed by atoms with Crippen molar-refractivity contribution in [3.63, 3.8) is 0 Å². The molecule has 2 rings (SSSR count). The quantitative estimate of drug-likeness (QED) is 0.618. The van der Waals surface area contributed by atoms with Crippen LogP contribution in [0.2, 0.25) is 0 Å². The van der Waals surface area contributed by atoms with Crippen LogP contribution >= 0.6 is 0 Å². The van der Waals surface area contributed by atoms with Gasteiger partial charge in [-0.25, -0.2) is 17.9 Å². The molecule has 0 spiro atoms. The van der Waals surface area contributed by atoms with Crippen LogP contribution in [0.1, 0.15) is 10.4 Å². The van der Waals surface area contributed by atoms with Gasteiger partial charge in [0.2, 0.25) is 0 Å². The molecule has 1 atom stereocenters. The average molecular weight is 304 g/mol. The second-order valence-electron chi connectivity index (χ2n) is 4.52. The molecule has 0 saturated carbocycles. The Hall–Kier alpha value is -1.49. The summed E-state index contributed by atoms with van der Waals surface area (Å²) in [6.45, 7) is 2.02. The molecule has 10 heteroatoms. The summed E-state index contributed by atoms with van der Waals surface area (Å²) in [6.07, 6.45) is 0.696. The summed E-state index contributed by atoms with van der Waals surface area (Å²) in [6, 6.07) is 0.